The Balaban J connectivity index is 1.86. The molecule has 0 unspecified atom stereocenters. The standard InChI is InChI=1S/C13H12N4O2S/c14-13-15-8(7-20-13)5-12(19)17-6-11(18)16-9-3-1-2-4-10(9)17/h1-4,7H,5-6H2,(H2,14,15)(H,16,18). The van der Waals surface area contributed by atoms with Crippen molar-refractivity contribution in [3.05, 3.63) is 35.3 Å². The fourth-order valence-corrected chi connectivity index (χ4v) is 2.67. The minimum absolute atomic E-state index is 0.0233. The van der Waals surface area contributed by atoms with E-state index in [1.807, 2.05) is 18.2 Å². The van der Waals surface area contributed by atoms with E-state index < -0.39 is 0 Å². The number of carbonyl (C=O) groups excluding carboxylic acids is 2. The van der Waals surface area contributed by atoms with Gasteiger partial charge < -0.3 is 16.0 Å². The summed E-state index contributed by atoms with van der Waals surface area (Å²) in [4.78, 5) is 29.6. The fourth-order valence-electron chi connectivity index (χ4n) is 2.11. The lowest BCUT2D eigenvalue weighted by atomic mass is 10.1. The maximum absolute atomic E-state index is 12.4. The van der Waals surface area contributed by atoms with Gasteiger partial charge in [0.2, 0.25) is 11.8 Å². The van der Waals surface area contributed by atoms with Crippen LogP contribution in [0.1, 0.15) is 5.69 Å². The summed E-state index contributed by atoms with van der Waals surface area (Å²) in [5.74, 6) is -0.368. The first kappa shape index (κ1) is 12.6. The molecule has 0 radical (unpaired) electrons. The number of para-hydroxylation sites is 2. The molecular weight excluding hydrogens is 276 g/mol. The highest BCUT2D eigenvalue weighted by Gasteiger charge is 2.26. The Labute approximate surface area is 119 Å². The number of rotatable bonds is 2. The molecule has 1 aromatic carbocycles. The number of hydrogen-bond acceptors (Lipinski definition) is 5. The summed E-state index contributed by atoms with van der Waals surface area (Å²) in [5.41, 5.74) is 7.53. The predicted molar refractivity (Wildman–Crippen MR) is 77.7 cm³/mol. The zero-order valence-electron chi connectivity index (χ0n) is 10.5. The third kappa shape index (κ3) is 2.35. The van der Waals surface area contributed by atoms with Crippen molar-refractivity contribution in [3.63, 3.8) is 0 Å². The van der Waals surface area contributed by atoms with Gasteiger partial charge in [-0.3, -0.25) is 9.59 Å². The Morgan fingerprint density at radius 2 is 2.25 bits per heavy atom. The van der Waals surface area contributed by atoms with E-state index in [-0.39, 0.29) is 24.8 Å². The molecule has 7 heteroatoms. The van der Waals surface area contributed by atoms with Crippen LogP contribution in [0, 0.1) is 0 Å². The molecule has 0 bridgehead atoms. The van der Waals surface area contributed by atoms with Gasteiger partial charge in [-0.15, -0.1) is 11.3 Å². The lowest BCUT2D eigenvalue weighted by molar-refractivity contribution is -0.121. The summed E-state index contributed by atoms with van der Waals surface area (Å²) in [6.45, 7) is 0.0233. The summed E-state index contributed by atoms with van der Waals surface area (Å²) in [6.07, 6.45) is 0.134. The Kier molecular flexibility index (Phi) is 3.11. The normalized spacial score (nSPS) is 13.8. The van der Waals surface area contributed by atoms with Crippen LogP contribution in [0.4, 0.5) is 16.5 Å². The van der Waals surface area contributed by atoms with E-state index in [9.17, 15) is 9.59 Å². The van der Waals surface area contributed by atoms with Crippen molar-refractivity contribution >= 4 is 39.7 Å². The summed E-state index contributed by atoms with van der Waals surface area (Å²) in [6, 6.07) is 7.22. The van der Waals surface area contributed by atoms with Gasteiger partial charge in [0.15, 0.2) is 5.13 Å². The number of amides is 2. The largest absolute Gasteiger partial charge is 0.375 e. The number of carbonyl (C=O) groups is 2. The Morgan fingerprint density at radius 3 is 3.00 bits per heavy atom. The van der Waals surface area contributed by atoms with Crippen LogP contribution in [-0.4, -0.2) is 23.3 Å². The number of nitrogen functional groups attached to an aromatic ring is 1. The quantitative estimate of drug-likeness (QED) is 0.870. The molecule has 0 fully saturated rings. The summed E-state index contributed by atoms with van der Waals surface area (Å²) in [5, 5.41) is 4.93. The molecule has 1 aromatic heterocycles. The Morgan fingerprint density at radius 1 is 1.45 bits per heavy atom. The Bertz CT molecular complexity index is 683. The van der Waals surface area contributed by atoms with Crippen molar-refractivity contribution in [1.82, 2.24) is 4.98 Å². The van der Waals surface area contributed by atoms with Gasteiger partial charge in [0, 0.05) is 5.38 Å². The molecule has 3 N–H and O–H groups in total. The molecule has 0 atom stereocenters. The minimum atomic E-state index is -0.199. The second kappa shape index (κ2) is 4.93. The highest BCUT2D eigenvalue weighted by molar-refractivity contribution is 7.13. The van der Waals surface area contributed by atoms with Gasteiger partial charge in [-0.25, -0.2) is 4.98 Å². The summed E-state index contributed by atoms with van der Waals surface area (Å²) in [7, 11) is 0. The molecule has 1 aliphatic rings. The van der Waals surface area contributed by atoms with Crippen LogP contribution in [0.15, 0.2) is 29.6 Å². The second-order valence-electron chi connectivity index (χ2n) is 4.40. The van der Waals surface area contributed by atoms with Gasteiger partial charge in [-0.1, -0.05) is 12.1 Å². The van der Waals surface area contributed by atoms with Crippen LogP contribution in [0.3, 0.4) is 0 Å². The molecule has 6 nitrogen and oxygen atoms in total. The Hall–Kier alpha value is -2.41. The summed E-state index contributed by atoms with van der Waals surface area (Å²) < 4.78 is 0. The van der Waals surface area contributed by atoms with Crippen molar-refractivity contribution < 1.29 is 9.59 Å². The van der Waals surface area contributed by atoms with Crippen LogP contribution in [-0.2, 0) is 16.0 Å². The van der Waals surface area contributed by atoms with Gasteiger partial charge >= 0.3 is 0 Å². The van der Waals surface area contributed by atoms with Crippen molar-refractivity contribution in [2.75, 3.05) is 22.5 Å². The first-order valence-electron chi connectivity index (χ1n) is 6.02. The van der Waals surface area contributed by atoms with Crippen LogP contribution < -0.4 is 16.0 Å². The molecule has 3 rings (SSSR count). The van der Waals surface area contributed by atoms with E-state index in [1.54, 1.807) is 11.4 Å². The van der Waals surface area contributed by atoms with Gasteiger partial charge in [-0.05, 0) is 12.1 Å². The van der Waals surface area contributed by atoms with E-state index in [0.29, 0.717) is 22.2 Å². The lowest BCUT2D eigenvalue weighted by Crippen LogP contribution is -2.42. The molecule has 0 saturated heterocycles. The van der Waals surface area contributed by atoms with Crippen molar-refractivity contribution in [3.8, 4) is 0 Å². The average Bonchev–Trinajstić information content (AvgIpc) is 2.83. The zero-order valence-corrected chi connectivity index (χ0v) is 11.3. The number of fused-ring (bicyclic) bond motifs is 1. The number of thiazole rings is 1. The maximum atomic E-state index is 12.4. The number of nitrogens with zero attached hydrogens (tertiary/aromatic N) is 2. The molecule has 102 valence electrons. The van der Waals surface area contributed by atoms with E-state index in [1.165, 1.54) is 16.2 Å². The zero-order chi connectivity index (χ0) is 14.1. The van der Waals surface area contributed by atoms with Crippen molar-refractivity contribution in [1.29, 1.82) is 0 Å². The molecular formula is C13H12N4O2S. The van der Waals surface area contributed by atoms with E-state index in [2.05, 4.69) is 10.3 Å². The first-order valence-corrected chi connectivity index (χ1v) is 6.90. The average molecular weight is 288 g/mol. The number of benzene rings is 1. The fraction of sp³-hybridized carbons (Fsp3) is 0.154. The van der Waals surface area contributed by atoms with E-state index in [0.717, 1.165) is 0 Å². The minimum Gasteiger partial charge on any atom is -0.375 e. The van der Waals surface area contributed by atoms with Gasteiger partial charge in [0.05, 0.1) is 23.5 Å². The number of anilines is 3. The van der Waals surface area contributed by atoms with E-state index in [4.69, 9.17) is 5.73 Å². The smallest absolute Gasteiger partial charge is 0.244 e. The highest BCUT2D eigenvalue weighted by atomic mass is 32.1. The third-order valence-corrected chi connectivity index (χ3v) is 3.70. The topological polar surface area (TPSA) is 88.3 Å². The van der Waals surface area contributed by atoms with Gasteiger partial charge in [0.25, 0.3) is 0 Å². The molecule has 2 aromatic rings. The highest BCUT2D eigenvalue weighted by Crippen LogP contribution is 2.29. The number of nitrogens with one attached hydrogen (secondary N) is 1. The third-order valence-electron chi connectivity index (χ3n) is 2.97. The molecule has 0 saturated carbocycles. The summed E-state index contributed by atoms with van der Waals surface area (Å²) >= 11 is 1.30. The maximum Gasteiger partial charge on any atom is 0.244 e. The molecule has 2 heterocycles. The van der Waals surface area contributed by atoms with Crippen LogP contribution in [0.25, 0.3) is 0 Å². The molecule has 1 aliphatic heterocycles. The molecule has 0 aliphatic carbocycles. The van der Waals surface area contributed by atoms with E-state index >= 15 is 0 Å². The molecule has 20 heavy (non-hydrogen) atoms. The first-order chi connectivity index (χ1) is 9.63. The molecule has 0 spiro atoms. The van der Waals surface area contributed by atoms with Crippen molar-refractivity contribution in [2.45, 2.75) is 6.42 Å². The number of aromatic nitrogens is 1. The predicted octanol–water partition coefficient (Wildman–Crippen LogP) is 1.25. The lowest BCUT2D eigenvalue weighted by Gasteiger charge is -2.28. The van der Waals surface area contributed by atoms with Crippen molar-refractivity contribution in [2.24, 2.45) is 0 Å². The van der Waals surface area contributed by atoms with Crippen LogP contribution in [0.2, 0.25) is 0 Å². The monoisotopic (exact) mass is 288 g/mol. The molecule has 2 amide bonds. The van der Waals surface area contributed by atoms with Crippen LogP contribution >= 0.6 is 11.3 Å². The van der Waals surface area contributed by atoms with Gasteiger partial charge in [-0.2, -0.15) is 0 Å². The number of hydrogen-bond donors (Lipinski definition) is 2. The second-order valence-corrected chi connectivity index (χ2v) is 5.29. The van der Waals surface area contributed by atoms with Gasteiger partial charge in [0.1, 0.15) is 6.54 Å². The number of nitrogens with two attached hydrogens (primary N) is 1. The van der Waals surface area contributed by atoms with Crippen LogP contribution in [0.5, 0.6) is 0 Å². The SMILES string of the molecule is Nc1nc(CC(=O)N2CC(=O)Nc3ccccc32)cs1.